The fraction of sp³-hybridized carbons (Fsp3) is 0.588. The number of likely N-dealkylation sites (tertiary alicyclic amines) is 1. The maximum absolute atomic E-state index is 13.8. The fourth-order valence-electron chi connectivity index (χ4n) is 3.37. The number of β-amino-alcohol motifs (C(OH)–C–C–N with tert-alkyl or cyclic N) is 1. The summed E-state index contributed by atoms with van der Waals surface area (Å²) < 4.78 is 13.8. The second-order valence-electron chi connectivity index (χ2n) is 6.35. The average molecular weight is 321 g/mol. The van der Waals surface area contributed by atoms with E-state index in [9.17, 15) is 14.3 Å². The first-order valence-corrected chi connectivity index (χ1v) is 8.31. The number of aliphatic hydroxyl groups excluding tert-OH is 1. The zero-order valence-corrected chi connectivity index (χ0v) is 13.3. The third-order valence-corrected chi connectivity index (χ3v) is 4.67. The molecule has 1 amide bonds. The van der Waals surface area contributed by atoms with Crippen LogP contribution < -0.4 is 4.90 Å². The normalized spacial score (nSPS) is 23.1. The van der Waals surface area contributed by atoms with Gasteiger partial charge < -0.3 is 14.9 Å². The van der Waals surface area contributed by atoms with Crippen molar-refractivity contribution in [3.63, 3.8) is 0 Å². The van der Waals surface area contributed by atoms with Crippen molar-refractivity contribution in [3.8, 4) is 0 Å². The topological polar surface area (TPSA) is 47.0 Å². The summed E-state index contributed by atoms with van der Waals surface area (Å²) in [5.41, 5.74) is 0.610. The Balaban J connectivity index is 1.50. The van der Waals surface area contributed by atoms with E-state index < -0.39 is 0 Å². The lowest BCUT2D eigenvalue weighted by Crippen LogP contribution is -2.52. The second-order valence-corrected chi connectivity index (χ2v) is 6.35. The molecule has 2 aliphatic rings. The molecular formula is C17H24FN3O2. The van der Waals surface area contributed by atoms with Gasteiger partial charge in [0, 0.05) is 32.7 Å². The van der Waals surface area contributed by atoms with Crippen molar-refractivity contribution in [2.75, 3.05) is 50.7 Å². The van der Waals surface area contributed by atoms with Crippen LogP contribution >= 0.6 is 0 Å². The third kappa shape index (κ3) is 4.00. The van der Waals surface area contributed by atoms with Crippen LogP contribution in [0.2, 0.25) is 0 Å². The van der Waals surface area contributed by atoms with Crippen molar-refractivity contribution in [3.05, 3.63) is 30.1 Å². The average Bonchev–Trinajstić information content (AvgIpc) is 2.55. The molecule has 1 atom stereocenters. The minimum Gasteiger partial charge on any atom is -0.392 e. The molecule has 2 heterocycles. The predicted octanol–water partition coefficient (Wildman–Crippen LogP) is 0.931. The minimum absolute atomic E-state index is 0.104. The summed E-state index contributed by atoms with van der Waals surface area (Å²) in [4.78, 5) is 18.3. The predicted molar refractivity (Wildman–Crippen MR) is 86.9 cm³/mol. The van der Waals surface area contributed by atoms with Crippen molar-refractivity contribution >= 4 is 11.6 Å². The number of carbonyl (C=O) groups excluding carboxylic acids is 1. The molecule has 0 saturated carbocycles. The van der Waals surface area contributed by atoms with E-state index >= 15 is 0 Å². The van der Waals surface area contributed by atoms with Crippen molar-refractivity contribution in [1.82, 2.24) is 9.80 Å². The van der Waals surface area contributed by atoms with Crippen LogP contribution in [0, 0.1) is 5.82 Å². The molecule has 6 heteroatoms. The van der Waals surface area contributed by atoms with Crippen LogP contribution in [0.1, 0.15) is 12.8 Å². The molecule has 0 aromatic heterocycles. The molecular weight excluding hydrogens is 297 g/mol. The van der Waals surface area contributed by atoms with E-state index in [1.54, 1.807) is 12.1 Å². The van der Waals surface area contributed by atoms with E-state index in [0.717, 1.165) is 19.4 Å². The third-order valence-electron chi connectivity index (χ3n) is 4.67. The smallest absolute Gasteiger partial charge is 0.236 e. The van der Waals surface area contributed by atoms with Gasteiger partial charge in [0.05, 0.1) is 18.3 Å². The van der Waals surface area contributed by atoms with Crippen LogP contribution in [-0.4, -0.2) is 72.7 Å². The highest BCUT2D eigenvalue weighted by molar-refractivity contribution is 5.78. The molecule has 0 unspecified atom stereocenters. The number of amides is 1. The molecule has 2 saturated heterocycles. The van der Waals surface area contributed by atoms with Crippen molar-refractivity contribution in [2.24, 2.45) is 0 Å². The molecule has 3 rings (SSSR count). The Hall–Kier alpha value is -1.66. The molecule has 2 fully saturated rings. The monoisotopic (exact) mass is 321 g/mol. The van der Waals surface area contributed by atoms with Crippen LogP contribution in [0.4, 0.5) is 10.1 Å². The molecule has 0 radical (unpaired) electrons. The number of para-hydroxylation sites is 1. The molecule has 0 aliphatic carbocycles. The number of hydrogen-bond donors (Lipinski definition) is 1. The second kappa shape index (κ2) is 7.27. The zero-order chi connectivity index (χ0) is 16.2. The van der Waals surface area contributed by atoms with Gasteiger partial charge in [-0.2, -0.15) is 0 Å². The van der Waals surface area contributed by atoms with Gasteiger partial charge in [-0.3, -0.25) is 9.69 Å². The van der Waals surface area contributed by atoms with Crippen LogP contribution in [0.5, 0.6) is 0 Å². The zero-order valence-electron chi connectivity index (χ0n) is 13.3. The van der Waals surface area contributed by atoms with Gasteiger partial charge >= 0.3 is 0 Å². The number of aliphatic hydroxyl groups is 1. The molecule has 2 aliphatic heterocycles. The standard InChI is InChI=1S/C17H24FN3O2/c18-15-5-1-2-6-16(15)20-8-10-21(11-9-20)17(23)13-19-7-3-4-14(22)12-19/h1-2,5-6,14,22H,3-4,7-13H2/t14-/m0/s1. The number of nitrogens with zero attached hydrogens (tertiary/aromatic N) is 3. The highest BCUT2D eigenvalue weighted by Gasteiger charge is 2.25. The summed E-state index contributed by atoms with van der Waals surface area (Å²) in [6, 6.07) is 6.76. The van der Waals surface area contributed by atoms with Crippen molar-refractivity contribution in [2.45, 2.75) is 18.9 Å². The van der Waals surface area contributed by atoms with Crippen LogP contribution in [0.25, 0.3) is 0 Å². The van der Waals surface area contributed by atoms with Gasteiger partial charge in [0.25, 0.3) is 0 Å². The summed E-state index contributed by atoms with van der Waals surface area (Å²) in [6.45, 7) is 4.35. The number of piperidine rings is 1. The summed E-state index contributed by atoms with van der Waals surface area (Å²) in [5.74, 6) is -0.109. The first kappa shape index (κ1) is 16.2. The lowest BCUT2D eigenvalue weighted by Gasteiger charge is -2.37. The lowest BCUT2D eigenvalue weighted by molar-refractivity contribution is -0.133. The van der Waals surface area contributed by atoms with Crippen molar-refractivity contribution < 1.29 is 14.3 Å². The Kier molecular flexibility index (Phi) is 5.13. The van der Waals surface area contributed by atoms with E-state index in [0.29, 0.717) is 45.0 Å². The molecule has 1 N–H and O–H groups in total. The molecule has 1 aromatic carbocycles. The maximum Gasteiger partial charge on any atom is 0.236 e. The van der Waals surface area contributed by atoms with Gasteiger partial charge in [-0.15, -0.1) is 0 Å². The first-order chi connectivity index (χ1) is 11.1. The van der Waals surface area contributed by atoms with Gasteiger partial charge in [0.15, 0.2) is 0 Å². The highest BCUT2D eigenvalue weighted by Crippen LogP contribution is 2.20. The quantitative estimate of drug-likeness (QED) is 0.900. The van der Waals surface area contributed by atoms with E-state index in [-0.39, 0.29) is 17.8 Å². The van der Waals surface area contributed by atoms with Crippen LogP contribution in [0.15, 0.2) is 24.3 Å². The van der Waals surface area contributed by atoms with Gasteiger partial charge in [-0.25, -0.2) is 4.39 Å². The number of hydrogen-bond acceptors (Lipinski definition) is 4. The Morgan fingerprint density at radius 3 is 2.61 bits per heavy atom. The number of rotatable bonds is 3. The summed E-state index contributed by atoms with van der Waals surface area (Å²) in [7, 11) is 0. The maximum atomic E-state index is 13.8. The van der Waals surface area contributed by atoms with Crippen LogP contribution in [-0.2, 0) is 4.79 Å². The number of halogens is 1. The van der Waals surface area contributed by atoms with Gasteiger partial charge in [0.2, 0.25) is 5.91 Å². The van der Waals surface area contributed by atoms with Gasteiger partial charge in [-0.05, 0) is 31.5 Å². The van der Waals surface area contributed by atoms with Crippen molar-refractivity contribution in [1.29, 1.82) is 0 Å². The highest BCUT2D eigenvalue weighted by atomic mass is 19.1. The molecule has 1 aromatic rings. The molecule has 5 nitrogen and oxygen atoms in total. The molecule has 23 heavy (non-hydrogen) atoms. The molecule has 0 bridgehead atoms. The van der Waals surface area contributed by atoms with E-state index in [2.05, 4.69) is 0 Å². The van der Waals surface area contributed by atoms with E-state index in [1.165, 1.54) is 6.07 Å². The Labute approximate surface area is 136 Å². The number of benzene rings is 1. The van der Waals surface area contributed by atoms with Gasteiger partial charge in [0.1, 0.15) is 5.82 Å². The van der Waals surface area contributed by atoms with Crippen LogP contribution in [0.3, 0.4) is 0 Å². The minimum atomic E-state index is -0.311. The Morgan fingerprint density at radius 2 is 1.91 bits per heavy atom. The molecule has 0 spiro atoms. The van der Waals surface area contributed by atoms with Gasteiger partial charge in [-0.1, -0.05) is 12.1 Å². The van der Waals surface area contributed by atoms with E-state index in [4.69, 9.17) is 0 Å². The Morgan fingerprint density at radius 1 is 1.17 bits per heavy atom. The number of anilines is 1. The first-order valence-electron chi connectivity index (χ1n) is 8.31. The number of carbonyl (C=O) groups is 1. The summed E-state index contributed by atoms with van der Waals surface area (Å²) in [5, 5.41) is 9.68. The summed E-state index contributed by atoms with van der Waals surface area (Å²) in [6.07, 6.45) is 1.45. The lowest BCUT2D eigenvalue weighted by atomic mass is 10.1. The summed E-state index contributed by atoms with van der Waals surface area (Å²) >= 11 is 0. The molecule has 126 valence electrons. The van der Waals surface area contributed by atoms with E-state index in [1.807, 2.05) is 20.8 Å². The number of piperazine rings is 1. The SMILES string of the molecule is O=C(CN1CCC[C@H](O)C1)N1CCN(c2ccccc2F)CC1. The fourth-order valence-corrected chi connectivity index (χ4v) is 3.37. The Bertz CT molecular complexity index is 546. The largest absolute Gasteiger partial charge is 0.392 e.